The summed E-state index contributed by atoms with van der Waals surface area (Å²) >= 11 is 0. The molecule has 0 aliphatic carbocycles. The molecule has 0 atom stereocenters. The lowest BCUT2D eigenvalue weighted by Crippen LogP contribution is -2.48. The molecule has 7 heteroatoms. The standard InChI is InChI=1S/C22H25N5O2/c1-16-24-25-21(27(16)18-7-8-20(28-2)23-13-18)26-11-9-22(10-12-26)15-29-14-17-5-3-4-6-19(17)22/h3-8,13H,9-12,14-15H2,1-2H3. The number of aromatic nitrogens is 4. The summed E-state index contributed by atoms with van der Waals surface area (Å²) in [5.74, 6) is 2.31. The topological polar surface area (TPSA) is 65.3 Å². The number of nitrogens with zero attached hydrogens (tertiary/aromatic N) is 5. The number of piperidine rings is 1. The normalized spacial score (nSPS) is 17.9. The average molecular weight is 391 g/mol. The maximum Gasteiger partial charge on any atom is 0.231 e. The van der Waals surface area contributed by atoms with Crippen LogP contribution in [0.4, 0.5) is 5.95 Å². The molecule has 0 N–H and O–H groups in total. The summed E-state index contributed by atoms with van der Waals surface area (Å²) in [7, 11) is 1.62. The molecule has 4 heterocycles. The molecule has 1 spiro atoms. The molecular weight excluding hydrogens is 366 g/mol. The van der Waals surface area contributed by atoms with Gasteiger partial charge in [0.05, 0.1) is 32.2 Å². The highest BCUT2D eigenvalue weighted by molar-refractivity contribution is 5.45. The first kappa shape index (κ1) is 18.1. The molecule has 0 bridgehead atoms. The van der Waals surface area contributed by atoms with Crippen molar-refractivity contribution in [1.82, 2.24) is 19.7 Å². The van der Waals surface area contributed by atoms with Crippen molar-refractivity contribution in [3.8, 4) is 11.6 Å². The second-order valence-electron chi connectivity index (χ2n) is 7.86. The zero-order chi connectivity index (χ0) is 19.8. The van der Waals surface area contributed by atoms with Crippen LogP contribution in [0.2, 0.25) is 0 Å². The lowest BCUT2D eigenvalue weighted by molar-refractivity contribution is 0.0399. The van der Waals surface area contributed by atoms with Gasteiger partial charge in [0, 0.05) is 24.6 Å². The quantitative estimate of drug-likeness (QED) is 0.684. The molecule has 0 radical (unpaired) electrons. The van der Waals surface area contributed by atoms with Crippen molar-refractivity contribution < 1.29 is 9.47 Å². The first-order valence-electron chi connectivity index (χ1n) is 10.0. The second-order valence-corrected chi connectivity index (χ2v) is 7.86. The molecule has 1 fully saturated rings. The second kappa shape index (κ2) is 7.15. The summed E-state index contributed by atoms with van der Waals surface area (Å²) in [5, 5.41) is 8.82. The lowest BCUT2D eigenvalue weighted by atomic mass is 9.71. The fourth-order valence-corrected chi connectivity index (χ4v) is 4.63. The van der Waals surface area contributed by atoms with Crippen LogP contribution in [0.1, 0.15) is 29.8 Å². The monoisotopic (exact) mass is 391 g/mol. The molecule has 0 unspecified atom stereocenters. The Labute approximate surface area is 170 Å². The van der Waals surface area contributed by atoms with Crippen LogP contribution in [0.25, 0.3) is 5.69 Å². The van der Waals surface area contributed by atoms with E-state index in [9.17, 15) is 0 Å². The smallest absolute Gasteiger partial charge is 0.231 e. The van der Waals surface area contributed by atoms with Gasteiger partial charge in [-0.25, -0.2) is 4.98 Å². The molecule has 150 valence electrons. The van der Waals surface area contributed by atoms with E-state index in [0.29, 0.717) is 5.88 Å². The van der Waals surface area contributed by atoms with Crippen LogP contribution >= 0.6 is 0 Å². The first-order chi connectivity index (χ1) is 14.2. The Morgan fingerprint density at radius 1 is 1.07 bits per heavy atom. The van der Waals surface area contributed by atoms with Gasteiger partial charge in [0.25, 0.3) is 0 Å². The van der Waals surface area contributed by atoms with Gasteiger partial charge in [-0.3, -0.25) is 4.57 Å². The molecule has 29 heavy (non-hydrogen) atoms. The number of methoxy groups -OCH3 is 1. The first-order valence-corrected chi connectivity index (χ1v) is 10.0. The molecule has 2 aromatic heterocycles. The number of benzene rings is 1. The molecule has 2 aliphatic rings. The van der Waals surface area contributed by atoms with Gasteiger partial charge in [0.15, 0.2) is 0 Å². The van der Waals surface area contributed by atoms with Gasteiger partial charge >= 0.3 is 0 Å². The maximum atomic E-state index is 5.98. The Kier molecular flexibility index (Phi) is 4.47. The van der Waals surface area contributed by atoms with Gasteiger partial charge in [-0.1, -0.05) is 24.3 Å². The third kappa shape index (κ3) is 3.06. The Bertz CT molecular complexity index is 1010. The van der Waals surface area contributed by atoms with Crippen molar-refractivity contribution in [3.63, 3.8) is 0 Å². The fraction of sp³-hybridized carbons (Fsp3) is 0.409. The maximum absolute atomic E-state index is 5.98. The van der Waals surface area contributed by atoms with Crippen LogP contribution in [0.3, 0.4) is 0 Å². The van der Waals surface area contributed by atoms with Crippen LogP contribution in [-0.2, 0) is 16.8 Å². The van der Waals surface area contributed by atoms with Gasteiger partial charge in [-0.2, -0.15) is 0 Å². The summed E-state index contributed by atoms with van der Waals surface area (Å²) in [5.41, 5.74) is 3.83. The minimum Gasteiger partial charge on any atom is -0.481 e. The molecule has 1 saturated heterocycles. The van der Waals surface area contributed by atoms with Gasteiger partial charge in [0.1, 0.15) is 5.82 Å². The molecule has 0 saturated carbocycles. The van der Waals surface area contributed by atoms with Crippen LogP contribution in [-0.4, -0.2) is 46.6 Å². The number of fused-ring (bicyclic) bond motifs is 2. The Morgan fingerprint density at radius 3 is 2.66 bits per heavy atom. The van der Waals surface area contributed by atoms with Crippen LogP contribution in [0.15, 0.2) is 42.6 Å². The van der Waals surface area contributed by atoms with E-state index in [4.69, 9.17) is 9.47 Å². The highest BCUT2D eigenvalue weighted by Crippen LogP contribution is 2.41. The Balaban J connectivity index is 1.41. The van der Waals surface area contributed by atoms with Crippen molar-refractivity contribution >= 4 is 5.95 Å². The van der Waals surface area contributed by atoms with E-state index < -0.39 is 0 Å². The van der Waals surface area contributed by atoms with Crippen molar-refractivity contribution in [2.24, 2.45) is 0 Å². The molecule has 1 aromatic carbocycles. The van der Waals surface area contributed by atoms with Gasteiger partial charge in [0.2, 0.25) is 11.8 Å². The average Bonchev–Trinajstić information content (AvgIpc) is 3.16. The third-order valence-corrected chi connectivity index (χ3v) is 6.22. The number of aryl methyl sites for hydroxylation is 1. The summed E-state index contributed by atoms with van der Waals surface area (Å²) in [4.78, 5) is 6.67. The Hall–Kier alpha value is -2.93. The van der Waals surface area contributed by atoms with Crippen LogP contribution in [0, 0.1) is 6.92 Å². The van der Waals surface area contributed by atoms with E-state index >= 15 is 0 Å². The number of pyridine rings is 1. The molecule has 5 rings (SSSR count). The SMILES string of the molecule is COc1ccc(-n2c(C)nnc2N2CCC3(CC2)COCc2ccccc23)cn1. The summed E-state index contributed by atoms with van der Waals surface area (Å²) in [6, 6.07) is 12.6. The molecule has 2 aliphatic heterocycles. The van der Waals surface area contributed by atoms with Crippen molar-refractivity contribution in [2.45, 2.75) is 31.8 Å². The zero-order valence-electron chi connectivity index (χ0n) is 16.8. The highest BCUT2D eigenvalue weighted by atomic mass is 16.5. The van der Waals surface area contributed by atoms with Crippen molar-refractivity contribution in [1.29, 1.82) is 0 Å². The number of hydrogen-bond acceptors (Lipinski definition) is 6. The highest BCUT2D eigenvalue weighted by Gasteiger charge is 2.41. The lowest BCUT2D eigenvalue weighted by Gasteiger charge is -2.45. The van der Waals surface area contributed by atoms with Gasteiger partial charge in [-0.05, 0) is 37.0 Å². The Morgan fingerprint density at radius 2 is 1.90 bits per heavy atom. The predicted molar refractivity (Wildman–Crippen MR) is 110 cm³/mol. The summed E-state index contributed by atoms with van der Waals surface area (Å²) < 4.78 is 13.2. The molecule has 0 amide bonds. The molecule has 3 aromatic rings. The van der Waals surface area contributed by atoms with Gasteiger partial charge < -0.3 is 14.4 Å². The minimum atomic E-state index is 0.104. The minimum absolute atomic E-state index is 0.104. The van der Waals surface area contributed by atoms with E-state index in [1.165, 1.54) is 11.1 Å². The third-order valence-electron chi connectivity index (χ3n) is 6.22. The fourth-order valence-electron chi connectivity index (χ4n) is 4.63. The molecule has 7 nitrogen and oxygen atoms in total. The van der Waals surface area contributed by atoms with Crippen LogP contribution < -0.4 is 9.64 Å². The van der Waals surface area contributed by atoms with Gasteiger partial charge in [-0.15, -0.1) is 10.2 Å². The van der Waals surface area contributed by atoms with E-state index in [1.807, 2.05) is 19.1 Å². The number of ether oxygens (including phenoxy) is 2. The summed E-state index contributed by atoms with van der Waals surface area (Å²) in [6.45, 7) is 5.32. The van der Waals surface area contributed by atoms with E-state index in [2.05, 4.69) is 48.9 Å². The number of rotatable bonds is 3. The number of anilines is 1. The van der Waals surface area contributed by atoms with Crippen molar-refractivity contribution in [2.75, 3.05) is 31.7 Å². The van der Waals surface area contributed by atoms with Crippen molar-refractivity contribution in [3.05, 3.63) is 59.5 Å². The van der Waals surface area contributed by atoms with E-state index in [-0.39, 0.29) is 5.41 Å². The van der Waals surface area contributed by atoms with Crippen LogP contribution in [0.5, 0.6) is 5.88 Å². The number of hydrogen-bond donors (Lipinski definition) is 0. The zero-order valence-corrected chi connectivity index (χ0v) is 16.8. The summed E-state index contributed by atoms with van der Waals surface area (Å²) in [6.07, 6.45) is 3.88. The molecular formula is C22H25N5O2. The van der Waals surface area contributed by atoms with E-state index in [1.54, 1.807) is 13.3 Å². The van der Waals surface area contributed by atoms with E-state index in [0.717, 1.165) is 56.6 Å². The predicted octanol–water partition coefficient (Wildman–Crippen LogP) is 3.05. The largest absolute Gasteiger partial charge is 0.481 e.